The molecule has 3 aromatic carbocycles. The largest absolute Gasteiger partial charge is 0.451 e. The summed E-state index contributed by atoms with van der Waals surface area (Å²) in [5, 5.41) is 15.7. The Balaban J connectivity index is 1.29. The molecule has 36 heavy (non-hydrogen) atoms. The predicted octanol–water partition coefficient (Wildman–Crippen LogP) is 7.08. The van der Waals surface area contributed by atoms with Crippen LogP contribution in [0.1, 0.15) is 16.1 Å². The topological polar surface area (TPSA) is 85.0 Å². The summed E-state index contributed by atoms with van der Waals surface area (Å²) >= 11 is 23.8. The van der Waals surface area contributed by atoms with Gasteiger partial charge < -0.3 is 9.73 Å². The summed E-state index contributed by atoms with van der Waals surface area (Å²) in [5.41, 5.74) is 4.34. The molecule has 7 nitrogen and oxygen atoms in total. The number of furan rings is 1. The van der Waals surface area contributed by atoms with Crippen molar-refractivity contribution in [1.29, 1.82) is 0 Å². The Morgan fingerprint density at radius 3 is 2.33 bits per heavy atom. The summed E-state index contributed by atoms with van der Waals surface area (Å²) in [6.07, 6.45) is 0. The molecule has 0 aliphatic carbocycles. The molecule has 0 saturated heterocycles. The third-order valence-electron chi connectivity index (χ3n) is 5.24. The second-order valence-electron chi connectivity index (χ2n) is 7.85. The van der Waals surface area contributed by atoms with Gasteiger partial charge in [0.1, 0.15) is 16.8 Å². The first-order chi connectivity index (χ1) is 17.3. The molecule has 1 amide bonds. The highest BCUT2D eigenvalue weighted by atomic mass is 35.5. The van der Waals surface area contributed by atoms with Crippen molar-refractivity contribution in [3.63, 3.8) is 0 Å². The second kappa shape index (κ2) is 9.91. The van der Waals surface area contributed by atoms with Crippen molar-refractivity contribution in [2.24, 2.45) is 0 Å². The molecular formula is C25H16Cl3N5O2S. The van der Waals surface area contributed by atoms with Gasteiger partial charge in [0, 0.05) is 5.56 Å². The van der Waals surface area contributed by atoms with E-state index in [-0.39, 0.29) is 10.9 Å². The molecule has 0 unspecified atom stereocenters. The van der Waals surface area contributed by atoms with Gasteiger partial charge in [0.25, 0.3) is 5.91 Å². The number of halogens is 3. The van der Waals surface area contributed by atoms with E-state index in [1.54, 1.807) is 36.4 Å². The van der Waals surface area contributed by atoms with E-state index >= 15 is 0 Å². The first kappa shape index (κ1) is 24.3. The fourth-order valence-electron chi connectivity index (χ4n) is 3.41. The number of anilines is 1. The van der Waals surface area contributed by atoms with Crippen molar-refractivity contribution in [2.75, 3.05) is 5.32 Å². The zero-order valence-corrected chi connectivity index (χ0v) is 21.6. The van der Waals surface area contributed by atoms with E-state index in [2.05, 4.69) is 20.8 Å². The molecule has 0 bridgehead atoms. The smallest absolute Gasteiger partial charge is 0.293 e. The van der Waals surface area contributed by atoms with Crippen LogP contribution in [0.15, 0.2) is 71.1 Å². The van der Waals surface area contributed by atoms with Crippen LogP contribution in [0.25, 0.3) is 28.0 Å². The van der Waals surface area contributed by atoms with Crippen molar-refractivity contribution in [3.05, 3.63) is 93.1 Å². The van der Waals surface area contributed by atoms with Gasteiger partial charge in [-0.15, -0.1) is 10.2 Å². The number of amides is 1. The van der Waals surface area contributed by atoms with Crippen LogP contribution in [0.4, 0.5) is 5.69 Å². The zero-order chi connectivity index (χ0) is 25.4. The molecule has 5 aromatic rings. The Hall–Kier alpha value is -3.43. The molecule has 2 aromatic heterocycles. The quantitative estimate of drug-likeness (QED) is 0.230. The first-order valence-electron chi connectivity index (χ1n) is 10.6. The highest BCUT2D eigenvalue weighted by Gasteiger charge is 2.16. The first-order valence-corrected chi connectivity index (χ1v) is 12.1. The lowest BCUT2D eigenvalue weighted by Crippen LogP contribution is -2.33. The zero-order valence-electron chi connectivity index (χ0n) is 18.6. The maximum atomic E-state index is 12.7. The Labute approximate surface area is 225 Å². The Bertz CT molecular complexity index is 1630. The fraction of sp³-hybridized carbons (Fsp3) is 0.0400. The molecule has 0 spiro atoms. The van der Waals surface area contributed by atoms with E-state index in [0.29, 0.717) is 43.1 Å². The van der Waals surface area contributed by atoms with E-state index in [4.69, 9.17) is 51.4 Å². The Morgan fingerprint density at radius 2 is 1.61 bits per heavy atom. The molecule has 2 N–H and O–H groups in total. The molecule has 0 fully saturated rings. The number of aromatic nitrogens is 3. The van der Waals surface area contributed by atoms with Gasteiger partial charge in [0.05, 0.1) is 26.4 Å². The van der Waals surface area contributed by atoms with Gasteiger partial charge in [0.15, 0.2) is 10.9 Å². The number of carbonyl (C=O) groups is 1. The van der Waals surface area contributed by atoms with E-state index in [1.807, 2.05) is 31.2 Å². The van der Waals surface area contributed by atoms with Crippen LogP contribution in [-0.2, 0) is 0 Å². The maximum Gasteiger partial charge on any atom is 0.293 e. The van der Waals surface area contributed by atoms with Crippen molar-refractivity contribution in [2.45, 2.75) is 6.92 Å². The fourth-order valence-corrected chi connectivity index (χ4v) is 4.12. The third-order valence-corrected chi connectivity index (χ3v) is 6.50. The van der Waals surface area contributed by atoms with E-state index in [9.17, 15) is 4.79 Å². The summed E-state index contributed by atoms with van der Waals surface area (Å²) in [4.78, 5) is 14.2. The monoisotopic (exact) mass is 555 g/mol. The van der Waals surface area contributed by atoms with Crippen LogP contribution in [0.3, 0.4) is 0 Å². The number of thiocarbonyl (C=S) groups is 1. The highest BCUT2D eigenvalue weighted by Crippen LogP contribution is 2.30. The van der Waals surface area contributed by atoms with Crippen molar-refractivity contribution >= 4 is 74.8 Å². The summed E-state index contributed by atoms with van der Waals surface area (Å²) < 4.78 is 5.66. The molecular weight excluding hydrogens is 541 g/mol. The molecule has 2 heterocycles. The van der Waals surface area contributed by atoms with Crippen LogP contribution < -0.4 is 10.6 Å². The van der Waals surface area contributed by atoms with Crippen molar-refractivity contribution < 1.29 is 9.21 Å². The molecule has 0 atom stereocenters. The van der Waals surface area contributed by atoms with E-state index in [0.717, 1.165) is 11.3 Å². The van der Waals surface area contributed by atoms with Crippen LogP contribution in [0.5, 0.6) is 0 Å². The minimum Gasteiger partial charge on any atom is -0.451 e. The van der Waals surface area contributed by atoms with Crippen LogP contribution >= 0.6 is 47.0 Å². The molecule has 0 saturated carbocycles. The Kier molecular flexibility index (Phi) is 6.68. The van der Waals surface area contributed by atoms with Gasteiger partial charge >= 0.3 is 0 Å². The third kappa shape index (κ3) is 5.08. The Morgan fingerprint density at radius 1 is 0.889 bits per heavy atom. The van der Waals surface area contributed by atoms with Gasteiger partial charge in [-0.25, -0.2) is 0 Å². The lowest BCUT2D eigenvalue weighted by atomic mass is 10.2. The van der Waals surface area contributed by atoms with E-state index < -0.39 is 5.91 Å². The minimum absolute atomic E-state index is 0.0414. The average Bonchev–Trinajstić information content (AvgIpc) is 3.49. The highest BCUT2D eigenvalue weighted by molar-refractivity contribution is 7.80. The van der Waals surface area contributed by atoms with Gasteiger partial charge in [-0.3, -0.25) is 10.1 Å². The molecule has 0 radical (unpaired) electrons. The lowest BCUT2D eigenvalue weighted by Gasteiger charge is -2.10. The van der Waals surface area contributed by atoms with Gasteiger partial charge in [-0.1, -0.05) is 52.5 Å². The second-order valence-corrected chi connectivity index (χ2v) is 9.48. The van der Waals surface area contributed by atoms with Crippen molar-refractivity contribution in [1.82, 2.24) is 20.3 Å². The number of nitrogens with zero attached hydrogens (tertiary/aromatic N) is 3. The minimum atomic E-state index is -0.527. The van der Waals surface area contributed by atoms with E-state index in [1.165, 1.54) is 10.9 Å². The van der Waals surface area contributed by atoms with Gasteiger partial charge in [-0.05, 0) is 73.7 Å². The number of nitrogens with one attached hydrogen (secondary N) is 2. The number of benzene rings is 3. The summed E-state index contributed by atoms with van der Waals surface area (Å²) in [5.74, 6) is 0.00638. The number of rotatable bonds is 4. The normalized spacial score (nSPS) is 11.0. The SMILES string of the molecule is Cc1ccc(-n2nc3cc(Cl)c(NC(=S)NC(=O)c4ccc(-c5ccc(Cl)c(Cl)c5)o4)cc3n2)cc1. The van der Waals surface area contributed by atoms with Crippen LogP contribution in [0.2, 0.25) is 15.1 Å². The van der Waals surface area contributed by atoms with Crippen LogP contribution in [-0.4, -0.2) is 26.0 Å². The molecule has 5 rings (SSSR count). The summed E-state index contributed by atoms with van der Waals surface area (Å²) in [6, 6.07) is 19.5. The number of aryl methyl sites for hydroxylation is 1. The van der Waals surface area contributed by atoms with Crippen LogP contribution in [0, 0.1) is 6.92 Å². The molecule has 11 heteroatoms. The van der Waals surface area contributed by atoms with Gasteiger partial charge in [-0.2, -0.15) is 4.80 Å². The molecule has 180 valence electrons. The maximum absolute atomic E-state index is 12.7. The number of carbonyl (C=O) groups excluding carboxylic acids is 1. The lowest BCUT2D eigenvalue weighted by molar-refractivity contribution is 0.0951. The summed E-state index contributed by atoms with van der Waals surface area (Å²) in [7, 11) is 0. The molecule has 0 aliphatic heterocycles. The average molecular weight is 557 g/mol. The van der Waals surface area contributed by atoms with Crippen molar-refractivity contribution in [3.8, 4) is 17.0 Å². The van der Waals surface area contributed by atoms with Gasteiger partial charge in [0.2, 0.25) is 0 Å². The standard InChI is InChI=1S/C25H16Cl3N5O2S/c1-13-2-5-15(6-3-13)33-31-20-11-18(28)19(12-21(20)32-33)29-25(36)30-24(34)23-9-8-22(35-23)14-4-7-16(26)17(27)10-14/h2-12H,1H3,(H2,29,30,34,36). The number of fused-ring (bicyclic) bond motifs is 1. The molecule has 0 aliphatic rings. The number of hydrogen-bond donors (Lipinski definition) is 2. The summed E-state index contributed by atoms with van der Waals surface area (Å²) in [6.45, 7) is 2.01. The number of hydrogen-bond acceptors (Lipinski definition) is 5. The predicted molar refractivity (Wildman–Crippen MR) is 146 cm³/mol.